The van der Waals surface area contributed by atoms with Crippen molar-refractivity contribution in [1.29, 1.82) is 0 Å². The van der Waals surface area contributed by atoms with Gasteiger partial charge in [0.2, 0.25) is 5.79 Å². The third kappa shape index (κ3) is 4.16. The second kappa shape index (κ2) is 7.37. The quantitative estimate of drug-likeness (QED) is 0.724. The lowest BCUT2D eigenvalue weighted by Gasteiger charge is -2.45. The van der Waals surface area contributed by atoms with Gasteiger partial charge in [-0.3, -0.25) is 4.90 Å². The molecule has 2 fully saturated rings. The third-order valence-corrected chi connectivity index (χ3v) is 6.89. The van der Waals surface area contributed by atoms with E-state index in [-0.39, 0.29) is 5.79 Å². The van der Waals surface area contributed by atoms with E-state index in [0.717, 1.165) is 37.8 Å². The molecule has 0 N–H and O–H groups in total. The smallest absolute Gasteiger partial charge is 0.209 e. The van der Waals surface area contributed by atoms with Gasteiger partial charge in [0.15, 0.2) is 0 Å². The van der Waals surface area contributed by atoms with Crippen LogP contribution in [0.2, 0.25) is 0 Å². The van der Waals surface area contributed by atoms with Crippen LogP contribution in [0.1, 0.15) is 72.6 Å². The Kier molecular flexibility index (Phi) is 5.61. The lowest BCUT2D eigenvalue weighted by Crippen LogP contribution is -2.45. The van der Waals surface area contributed by atoms with Crippen LogP contribution in [-0.2, 0) is 9.47 Å². The first-order chi connectivity index (χ1) is 11.4. The van der Waals surface area contributed by atoms with Crippen LogP contribution in [0.5, 0.6) is 0 Å². The average Bonchev–Trinajstić information content (AvgIpc) is 2.58. The van der Waals surface area contributed by atoms with Crippen molar-refractivity contribution in [2.75, 3.05) is 26.2 Å². The van der Waals surface area contributed by atoms with Gasteiger partial charge in [-0.1, -0.05) is 34.1 Å². The monoisotopic (exact) mass is 335 g/mol. The van der Waals surface area contributed by atoms with Gasteiger partial charge in [0, 0.05) is 31.5 Å². The van der Waals surface area contributed by atoms with Crippen LogP contribution >= 0.6 is 0 Å². The van der Waals surface area contributed by atoms with Crippen molar-refractivity contribution in [3.8, 4) is 0 Å². The third-order valence-electron chi connectivity index (χ3n) is 6.89. The minimum Gasteiger partial charge on any atom is -0.470 e. The summed E-state index contributed by atoms with van der Waals surface area (Å²) in [6.45, 7) is 13.7. The van der Waals surface area contributed by atoms with E-state index < -0.39 is 0 Å². The molecule has 3 heteroatoms. The van der Waals surface area contributed by atoms with Gasteiger partial charge in [0.05, 0.1) is 12.9 Å². The highest BCUT2D eigenvalue weighted by Crippen LogP contribution is 2.46. The van der Waals surface area contributed by atoms with Crippen LogP contribution < -0.4 is 0 Å². The lowest BCUT2D eigenvalue weighted by molar-refractivity contribution is -0.239. The normalized spacial score (nSPS) is 35.6. The van der Waals surface area contributed by atoms with E-state index in [1.54, 1.807) is 0 Å². The van der Waals surface area contributed by atoms with E-state index in [9.17, 15) is 0 Å². The predicted molar refractivity (Wildman–Crippen MR) is 98.7 cm³/mol. The largest absolute Gasteiger partial charge is 0.470 e. The summed E-state index contributed by atoms with van der Waals surface area (Å²) < 4.78 is 12.4. The lowest BCUT2D eigenvalue weighted by atomic mass is 9.68. The van der Waals surface area contributed by atoms with Crippen molar-refractivity contribution in [3.05, 3.63) is 11.8 Å². The van der Waals surface area contributed by atoms with E-state index in [1.807, 2.05) is 6.26 Å². The van der Waals surface area contributed by atoms with Gasteiger partial charge in [-0.15, -0.1) is 0 Å². The fraction of sp³-hybridized carbons (Fsp3) is 0.905. The van der Waals surface area contributed by atoms with Crippen molar-refractivity contribution in [2.45, 2.75) is 78.4 Å². The Morgan fingerprint density at radius 3 is 2.58 bits per heavy atom. The molecule has 2 heterocycles. The summed E-state index contributed by atoms with van der Waals surface area (Å²) in [5.74, 6) is 1.31. The van der Waals surface area contributed by atoms with Gasteiger partial charge >= 0.3 is 0 Å². The van der Waals surface area contributed by atoms with E-state index >= 15 is 0 Å². The molecule has 3 aliphatic rings. The molecule has 1 saturated heterocycles. The Balaban J connectivity index is 1.50. The summed E-state index contributed by atoms with van der Waals surface area (Å²) in [5.41, 5.74) is 1.76. The Bertz CT molecular complexity index is 449. The highest BCUT2D eigenvalue weighted by atomic mass is 16.7. The van der Waals surface area contributed by atoms with Crippen LogP contribution in [0.25, 0.3) is 0 Å². The molecule has 0 aromatic heterocycles. The van der Waals surface area contributed by atoms with E-state index in [1.165, 1.54) is 50.8 Å². The topological polar surface area (TPSA) is 21.7 Å². The van der Waals surface area contributed by atoms with E-state index in [0.29, 0.717) is 5.41 Å². The van der Waals surface area contributed by atoms with Gasteiger partial charge in [-0.25, -0.2) is 0 Å². The maximum atomic E-state index is 6.26. The van der Waals surface area contributed by atoms with Gasteiger partial charge in [-0.05, 0) is 49.5 Å². The molecule has 1 saturated carbocycles. The van der Waals surface area contributed by atoms with Crippen molar-refractivity contribution < 1.29 is 9.47 Å². The van der Waals surface area contributed by atoms with Crippen molar-refractivity contribution in [1.82, 2.24) is 4.90 Å². The Hall–Kier alpha value is -0.540. The van der Waals surface area contributed by atoms with Crippen molar-refractivity contribution in [2.24, 2.45) is 17.3 Å². The molecule has 1 spiro atoms. The summed E-state index contributed by atoms with van der Waals surface area (Å²) in [5, 5.41) is 0. The number of hydrogen-bond acceptors (Lipinski definition) is 3. The first-order valence-electron chi connectivity index (χ1n) is 10.1. The molecule has 0 aromatic carbocycles. The number of hydrogen-bond donors (Lipinski definition) is 0. The molecule has 0 aromatic rings. The maximum Gasteiger partial charge on any atom is 0.209 e. The second-order valence-corrected chi connectivity index (χ2v) is 9.19. The molecule has 3 nitrogen and oxygen atoms in total. The molecule has 3 rings (SSSR count). The summed E-state index contributed by atoms with van der Waals surface area (Å²) in [6, 6.07) is 0. The Morgan fingerprint density at radius 2 is 2.00 bits per heavy atom. The minimum absolute atomic E-state index is 0.320. The number of rotatable bonds is 4. The first kappa shape index (κ1) is 18.3. The molecule has 1 aliphatic carbocycles. The molecule has 1 unspecified atom stereocenters. The van der Waals surface area contributed by atoms with E-state index in [2.05, 4.69) is 32.6 Å². The molecule has 0 amide bonds. The molecule has 138 valence electrons. The SMILES string of the molecule is CCC(C)(C)C1CCC2(CC1)OC=C(CN1CCCC(C)C1)CO2. The molecule has 24 heavy (non-hydrogen) atoms. The van der Waals surface area contributed by atoms with Crippen molar-refractivity contribution >= 4 is 0 Å². The average molecular weight is 336 g/mol. The summed E-state index contributed by atoms with van der Waals surface area (Å²) in [4.78, 5) is 2.56. The molecular weight excluding hydrogens is 298 g/mol. The van der Waals surface area contributed by atoms with Gasteiger partial charge in [-0.2, -0.15) is 0 Å². The molecule has 1 atom stereocenters. The maximum absolute atomic E-state index is 6.26. The fourth-order valence-electron chi connectivity index (χ4n) is 4.67. The zero-order valence-electron chi connectivity index (χ0n) is 16.3. The van der Waals surface area contributed by atoms with Gasteiger partial charge < -0.3 is 9.47 Å². The zero-order valence-corrected chi connectivity index (χ0v) is 16.3. The molecule has 0 radical (unpaired) electrons. The predicted octanol–water partition coefficient (Wildman–Crippen LogP) is 4.97. The minimum atomic E-state index is -0.320. The second-order valence-electron chi connectivity index (χ2n) is 9.19. The summed E-state index contributed by atoms with van der Waals surface area (Å²) >= 11 is 0. The van der Waals surface area contributed by atoms with Gasteiger partial charge in [0.1, 0.15) is 0 Å². The van der Waals surface area contributed by atoms with Crippen LogP contribution in [0.15, 0.2) is 11.8 Å². The van der Waals surface area contributed by atoms with Crippen LogP contribution in [0.3, 0.4) is 0 Å². The molecular formula is C21H37NO2. The van der Waals surface area contributed by atoms with Crippen LogP contribution in [-0.4, -0.2) is 36.9 Å². The van der Waals surface area contributed by atoms with E-state index in [4.69, 9.17) is 9.47 Å². The zero-order chi connectivity index (χ0) is 17.2. The van der Waals surface area contributed by atoms with Gasteiger partial charge in [0.25, 0.3) is 0 Å². The standard InChI is InChI=1S/C21H37NO2/c1-5-20(3,4)19-8-10-21(11-9-19)23-15-18(16-24-21)14-22-12-6-7-17(2)13-22/h15,17,19H,5-14,16H2,1-4H3. The van der Waals surface area contributed by atoms with Crippen LogP contribution in [0, 0.1) is 17.3 Å². The number of nitrogens with zero attached hydrogens (tertiary/aromatic N) is 1. The van der Waals surface area contributed by atoms with Crippen LogP contribution in [0.4, 0.5) is 0 Å². The Labute approximate surface area is 148 Å². The number of piperidine rings is 1. The highest BCUT2D eigenvalue weighted by Gasteiger charge is 2.43. The first-order valence-corrected chi connectivity index (χ1v) is 10.1. The molecule has 0 bridgehead atoms. The summed E-state index contributed by atoms with van der Waals surface area (Å²) in [6.07, 6.45) is 10.5. The molecule has 2 aliphatic heterocycles. The van der Waals surface area contributed by atoms with Crippen molar-refractivity contribution in [3.63, 3.8) is 0 Å². The summed E-state index contributed by atoms with van der Waals surface area (Å²) in [7, 11) is 0. The number of likely N-dealkylation sites (tertiary alicyclic amines) is 1. The fourth-order valence-corrected chi connectivity index (χ4v) is 4.67. The number of ether oxygens (including phenoxy) is 2. The highest BCUT2D eigenvalue weighted by molar-refractivity contribution is 5.06. The Morgan fingerprint density at radius 1 is 1.25 bits per heavy atom.